The van der Waals surface area contributed by atoms with E-state index in [0.717, 1.165) is 22.2 Å². The summed E-state index contributed by atoms with van der Waals surface area (Å²) in [4.78, 5) is 11.8. The number of ether oxygens (including phenoxy) is 1. The average Bonchev–Trinajstić information content (AvgIpc) is 3.05. The van der Waals surface area contributed by atoms with E-state index in [2.05, 4.69) is 5.10 Å². The predicted octanol–water partition coefficient (Wildman–Crippen LogP) is 2.73. The van der Waals surface area contributed by atoms with E-state index in [9.17, 15) is 23.1 Å². The van der Waals surface area contributed by atoms with Crippen LogP contribution >= 0.6 is 0 Å². The van der Waals surface area contributed by atoms with Crippen molar-refractivity contribution in [1.29, 1.82) is 0 Å². The molecule has 0 unspecified atom stereocenters. The first-order chi connectivity index (χ1) is 13.8. The molecule has 148 valence electrons. The largest absolute Gasteiger partial charge is 0.854 e. The lowest BCUT2D eigenvalue weighted by Crippen LogP contribution is -2.39. The van der Waals surface area contributed by atoms with E-state index in [0.29, 0.717) is 10.9 Å². The lowest BCUT2D eigenvalue weighted by atomic mass is 10.1. The number of methoxy groups -OCH3 is 1. The van der Waals surface area contributed by atoms with E-state index in [-0.39, 0.29) is 17.7 Å². The summed E-state index contributed by atoms with van der Waals surface area (Å²) >= 11 is 0. The van der Waals surface area contributed by atoms with Gasteiger partial charge in [-0.3, -0.25) is 0 Å². The number of halogens is 3. The Bertz CT molecular complexity index is 1230. The van der Waals surface area contributed by atoms with Gasteiger partial charge >= 0.3 is 12.1 Å². The maximum absolute atomic E-state index is 13.1. The summed E-state index contributed by atoms with van der Waals surface area (Å²) in [5.41, 5.74) is -0.129. The third kappa shape index (κ3) is 3.24. The fraction of sp³-hybridized carbons (Fsp3) is 0.150. The van der Waals surface area contributed by atoms with E-state index < -0.39 is 23.6 Å². The van der Waals surface area contributed by atoms with Crippen molar-refractivity contribution in [2.75, 3.05) is 7.11 Å². The van der Waals surface area contributed by atoms with Crippen molar-refractivity contribution < 1.29 is 32.4 Å². The van der Waals surface area contributed by atoms with Crippen LogP contribution in [0, 0.1) is 0 Å². The Morgan fingerprint density at radius 2 is 1.86 bits per heavy atom. The van der Waals surface area contributed by atoms with Gasteiger partial charge in [-0.2, -0.15) is 22.8 Å². The van der Waals surface area contributed by atoms with Crippen LogP contribution in [0.3, 0.4) is 0 Å². The number of benzene rings is 2. The maximum Gasteiger partial charge on any atom is 0.416 e. The summed E-state index contributed by atoms with van der Waals surface area (Å²) in [5, 5.41) is 18.8. The molecular weight excluding hydrogens is 387 g/mol. The lowest BCUT2D eigenvalue weighted by Gasteiger charge is -2.11. The van der Waals surface area contributed by atoms with Crippen molar-refractivity contribution in [2.45, 2.75) is 12.7 Å². The summed E-state index contributed by atoms with van der Waals surface area (Å²) in [6.45, 7) is -0.203. The van der Waals surface area contributed by atoms with Crippen molar-refractivity contribution in [3.8, 4) is 11.6 Å². The summed E-state index contributed by atoms with van der Waals surface area (Å²) in [6.07, 6.45) is -2.83. The smallest absolute Gasteiger partial charge is 0.416 e. The number of hydrogen-bond acceptors (Lipinski definition) is 4. The van der Waals surface area contributed by atoms with Crippen LogP contribution in [0.15, 0.2) is 54.7 Å². The van der Waals surface area contributed by atoms with Gasteiger partial charge in [-0.15, -0.1) is 0 Å². The van der Waals surface area contributed by atoms with Crippen molar-refractivity contribution in [3.63, 3.8) is 0 Å². The molecule has 0 atom stereocenters. The quantitative estimate of drug-likeness (QED) is 0.391. The molecule has 0 radical (unpaired) electrons. The number of esters is 1. The van der Waals surface area contributed by atoms with Crippen molar-refractivity contribution in [3.05, 3.63) is 60.3 Å². The highest BCUT2D eigenvalue weighted by molar-refractivity contribution is 6.03. The molecule has 29 heavy (non-hydrogen) atoms. The number of fused-ring (bicyclic) bond motifs is 3. The van der Waals surface area contributed by atoms with Crippen LogP contribution in [0.4, 0.5) is 13.2 Å². The number of nitrogens with zero attached hydrogens (tertiary/aromatic N) is 3. The molecule has 4 rings (SSSR count). The number of hydrogen-bond donors (Lipinski definition) is 0. The van der Waals surface area contributed by atoms with Crippen LogP contribution in [0.1, 0.15) is 5.56 Å². The second-order valence-corrected chi connectivity index (χ2v) is 6.38. The number of rotatable bonds is 3. The Hall–Kier alpha value is -3.62. The molecule has 2 aromatic carbocycles. The highest BCUT2D eigenvalue weighted by Crippen LogP contribution is 2.32. The topological polar surface area (TPSA) is 71.1 Å². The molecule has 0 spiro atoms. The average molecular weight is 401 g/mol. The fourth-order valence-corrected chi connectivity index (χ4v) is 3.19. The number of aromatic nitrogens is 3. The van der Waals surface area contributed by atoms with E-state index >= 15 is 0 Å². The normalized spacial score (nSPS) is 11.9. The number of carbonyl (C=O) groups is 1. The number of alkyl halides is 3. The Balaban J connectivity index is 1.95. The van der Waals surface area contributed by atoms with Gasteiger partial charge < -0.3 is 9.84 Å². The van der Waals surface area contributed by atoms with Crippen LogP contribution < -0.4 is 9.67 Å². The SMILES string of the molecule is COC(=O)C[n+]1cc2ccccc2c2nn(-c3ccc(C(F)(F)F)cc3)c([O-])c21. The van der Waals surface area contributed by atoms with E-state index in [1.807, 2.05) is 12.1 Å². The first kappa shape index (κ1) is 18.7. The van der Waals surface area contributed by atoms with Gasteiger partial charge in [0.25, 0.3) is 0 Å². The molecule has 0 N–H and O–H groups in total. The molecule has 6 nitrogen and oxygen atoms in total. The standard InChI is InChI=1S/C20H14F3N3O3/c1-29-16(27)11-25-10-12-4-2-3-5-15(12)17-18(25)19(28)26(24-17)14-8-6-13(7-9-14)20(21,22)23/h2-10H,11H2,1H3. The van der Waals surface area contributed by atoms with Crippen molar-refractivity contribution in [2.24, 2.45) is 0 Å². The van der Waals surface area contributed by atoms with Gasteiger partial charge in [0.1, 0.15) is 0 Å². The number of carbonyl (C=O) groups excluding carboxylic acids is 1. The molecule has 2 heterocycles. The van der Waals surface area contributed by atoms with Gasteiger partial charge in [0, 0.05) is 10.8 Å². The molecule has 0 fully saturated rings. The second kappa shape index (κ2) is 6.77. The molecule has 0 aliphatic heterocycles. The maximum atomic E-state index is 13.1. The molecule has 0 bridgehead atoms. The summed E-state index contributed by atoms with van der Waals surface area (Å²) in [5.74, 6) is -1.09. The minimum absolute atomic E-state index is 0.161. The van der Waals surface area contributed by atoms with Crippen LogP contribution in [0.5, 0.6) is 5.88 Å². The van der Waals surface area contributed by atoms with Crippen LogP contribution in [0.2, 0.25) is 0 Å². The fourth-order valence-electron chi connectivity index (χ4n) is 3.19. The second-order valence-electron chi connectivity index (χ2n) is 6.38. The zero-order valence-corrected chi connectivity index (χ0v) is 15.1. The molecule has 0 saturated heterocycles. The zero-order valence-electron chi connectivity index (χ0n) is 15.1. The Kier molecular flexibility index (Phi) is 4.37. The van der Waals surface area contributed by atoms with Gasteiger partial charge in [0.15, 0.2) is 11.7 Å². The van der Waals surface area contributed by atoms with Crippen molar-refractivity contribution >= 4 is 27.8 Å². The first-order valence-corrected chi connectivity index (χ1v) is 8.55. The molecule has 0 aliphatic carbocycles. The molecular formula is C20H14F3N3O3. The Morgan fingerprint density at radius 3 is 2.52 bits per heavy atom. The van der Waals surface area contributed by atoms with E-state index in [1.54, 1.807) is 18.3 Å². The minimum atomic E-state index is -4.48. The number of pyridine rings is 1. The molecule has 0 saturated carbocycles. The highest BCUT2D eigenvalue weighted by atomic mass is 19.4. The molecule has 0 aliphatic rings. The van der Waals surface area contributed by atoms with Gasteiger partial charge in [-0.05, 0) is 30.3 Å². The van der Waals surface area contributed by atoms with E-state index in [4.69, 9.17) is 4.74 Å². The predicted molar refractivity (Wildman–Crippen MR) is 95.2 cm³/mol. The van der Waals surface area contributed by atoms with Gasteiger partial charge in [0.05, 0.1) is 24.2 Å². The lowest BCUT2D eigenvalue weighted by molar-refractivity contribution is -0.660. The molecule has 9 heteroatoms. The monoisotopic (exact) mass is 401 g/mol. The Morgan fingerprint density at radius 1 is 1.17 bits per heavy atom. The van der Waals surface area contributed by atoms with E-state index in [1.165, 1.54) is 23.8 Å². The zero-order chi connectivity index (χ0) is 20.8. The Labute approximate surface area is 162 Å². The summed E-state index contributed by atoms with van der Waals surface area (Å²) in [6, 6.07) is 11.3. The van der Waals surface area contributed by atoms with Crippen LogP contribution in [-0.4, -0.2) is 22.9 Å². The highest BCUT2D eigenvalue weighted by Gasteiger charge is 2.30. The molecule has 0 amide bonds. The van der Waals surface area contributed by atoms with Crippen LogP contribution in [-0.2, 0) is 22.3 Å². The van der Waals surface area contributed by atoms with Crippen molar-refractivity contribution in [1.82, 2.24) is 9.78 Å². The minimum Gasteiger partial charge on any atom is -0.854 e. The third-order valence-corrected chi connectivity index (χ3v) is 4.58. The summed E-state index contributed by atoms with van der Waals surface area (Å²) in [7, 11) is 1.24. The van der Waals surface area contributed by atoms with Gasteiger partial charge in [0.2, 0.25) is 12.1 Å². The van der Waals surface area contributed by atoms with Gasteiger partial charge in [-0.1, -0.05) is 18.2 Å². The third-order valence-electron chi connectivity index (χ3n) is 4.58. The van der Waals surface area contributed by atoms with Gasteiger partial charge in [-0.25, -0.2) is 9.48 Å². The molecule has 2 aromatic heterocycles. The summed E-state index contributed by atoms with van der Waals surface area (Å²) < 4.78 is 45.6. The van der Waals surface area contributed by atoms with Crippen LogP contribution in [0.25, 0.3) is 27.5 Å². The molecule has 4 aromatic rings. The first-order valence-electron chi connectivity index (χ1n) is 8.55.